The van der Waals surface area contributed by atoms with Crippen LogP contribution in [0.5, 0.6) is 5.75 Å². The Morgan fingerprint density at radius 2 is 1.92 bits per heavy atom. The lowest BCUT2D eigenvalue weighted by atomic mass is 9.73. The molecular weight excluding hydrogens is 490 g/mol. The lowest BCUT2D eigenvalue weighted by Crippen LogP contribution is -2.45. The van der Waals surface area contributed by atoms with Gasteiger partial charge >= 0.3 is 0 Å². The van der Waals surface area contributed by atoms with E-state index < -0.39 is 0 Å². The van der Waals surface area contributed by atoms with Crippen LogP contribution in [0.2, 0.25) is 0 Å². The largest absolute Gasteiger partial charge is 0.481 e. The third-order valence-corrected chi connectivity index (χ3v) is 8.18. The molecule has 0 radical (unpaired) electrons. The number of carbonyl (C=O) groups is 1. The molecule has 8 heteroatoms. The standard InChI is InChI=1S/C31H33N5O3/c32-28-26-6-2-1-4-22(26)18-31(28)13-15-36(16-14-31)29-27(20-37)34-24(19-33-29)5-3-17-39-25-11-7-21(8-12-25)30(38)35-23-9-10-23/h1-2,4,6-8,11-12,19,23,28,37H,9-10,13-18,20,32H2,(H,35,38). The maximum Gasteiger partial charge on any atom is 0.251 e. The van der Waals surface area contributed by atoms with Crippen LogP contribution in [0.1, 0.15) is 64.6 Å². The van der Waals surface area contributed by atoms with Crippen molar-refractivity contribution in [3.05, 3.63) is 82.8 Å². The molecule has 1 aliphatic heterocycles. The number of anilines is 1. The van der Waals surface area contributed by atoms with Gasteiger partial charge in [0, 0.05) is 30.7 Å². The zero-order chi connectivity index (χ0) is 26.8. The molecule has 1 saturated carbocycles. The van der Waals surface area contributed by atoms with Gasteiger partial charge in [-0.15, -0.1) is 0 Å². The van der Waals surface area contributed by atoms with Crippen molar-refractivity contribution in [2.75, 3.05) is 24.6 Å². The third kappa shape index (κ3) is 5.33. The number of carbonyl (C=O) groups excluding carboxylic acids is 1. The topological polar surface area (TPSA) is 114 Å². The molecule has 39 heavy (non-hydrogen) atoms. The molecule has 2 heterocycles. The number of aliphatic hydroxyl groups excluding tert-OH is 1. The number of amides is 1. The predicted molar refractivity (Wildman–Crippen MR) is 148 cm³/mol. The summed E-state index contributed by atoms with van der Waals surface area (Å²) in [5, 5.41) is 13.0. The molecule has 2 aromatic carbocycles. The smallest absolute Gasteiger partial charge is 0.251 e. The van der Waals surface area contributed by atoms with Crippen molar-refractivity contribution in [3.63, 3.8) is 0 Å². The first-order valence-corrected chi connectivity index (χ1v) is 13.6. The fourth-order valence-electron chi connectivity index (χ4n) is 5.77. The van der Waals surface area contributed by atoms with E-state index in [1.165, 1.54) is 11.1 Å². The van der Waals surface area contributed by atoms with E-state index >= 15 is 0 Å². The molecule has 6 rings (SSSR count). The summed E-state index contributed by atoms with van der Waals surface area (Å²) in [6.07, 6.45) is 6.73. The van der Waals surface area contributed by atoms with E-state index in [1.807, 2.05) is 0 Å². The van der Waals surface area contributed by atoms with E-state index in [1.54, 1.807) is 30.5 Å². The molecule has 1 atom stereocenters. The molecule has 2 fully saturated rings. The molecule has 1 aromatic heterocycles. The van der Waals surface area contributed by atoms with Gasteiger partial charge in [-0.2, -0.15) is 0 Å². The quantitative estimate of drug-likeness (QED) is 0.426. The molecule has 8 nitrogen and oxygen atoms in total. The maximum absolute atomic E-state index is 12.1. The highest BCUT2D eigenvalue weighted by Gasteiger charge is 2.46. The van der Waals surface area contributed by atoms with E-state index in [4.69, 9.17) is 10.5 Å². The summed E-state index contributed by atoms with van der Waals surface area (Å²) in [5.74, 6) is 7.23. The van der Waals surface area contributed by atoms with Crippen molar-refractivity contribution in [3.8, 4) is 17.6 Å². The van der Waals surface area contributed by atoms with E-state index in [2.05, 4.69) is 56.3 Å². The fraction of sp³-hybridized carbons (Fsp3) is 0.387. The second-order valence-electron chi connectivity index (χ2n) is 10.7. The van der Waals surface area contributed by atoms with Gasteiger partial charge in [0.05, 0.1) is 12.8 Å². The minimum atomic E-state index is -0.207. The summed E-state index contributed by atoms with van der Waals surface area (Å²) in [5.41, 5.74) is 11.1. The minimum Gasteiger partial charge on any atom is -0.481 e. The summed E-state index contributed by atoms with van der Waals surface area (Å²) < 4.78 is 5.69. The average Bonchev–Trinajstić information content (AvgIpc) is 3.75. The van der Waals surface area contributed by atoms with Crippen LogP contribution in [0.25, 0.3) is 0 Å². The number of benzene rings is 2. The number of hydrogen-bond acceptors (Lipinski definition) is 7. The number of ether oxygens (including phenoxy) is 1. The van der Waals surface area contributed by atoms with E-state index in [-0.39, 0.29) is 30.6 Å². The molecule has 3 aromatic rings. The van der Waals surface area contributed by atoms with Gasteiger partial charge in [0.15, 0.2) is 5.82 Å². The summed E-state index contributed by atoms with van der Waals surface area (Å²) in [4.78, 5) is 23.5. The molecule has 4 N–H and O–H groups in total. The van der Waals surface area contributed by atoms with Crippen molar-refractivity contribution >= 4 is 11.7 Å². The number of rotatable bonds is 6. The Balaban J connectivity index is 1.04. The van der Waals surface area contributed by atoms with Crippen LogP contribution in [0.3, 0.4) is 0 Å². The highest BCUT2D eigenvalue weighted by molar-refractivity contribution is 5.94. The first-order chi connectivity index (χ1) is 19.0. The van der Waals surface area contributed by atoms with Crippen LogP contribution in [0.4, 0.5) is 5.82 Å². The number of nitrogens with one attached hydrogen (secondary N) is 1. The zero-order valence-corrected chi connectivity index (χ0v) is 21.9. The van der Waals surface area contributed by atoms with Crippen LogP contribution in [-0.2, 0) is 13.0 Å². The number of aliphatic hydroxyl groups is 1. The van der Waals surface area contributed by atoms with Crippen LogP contribution in [0, 0.1) is 17.3 Å². The second kappa shape index (κ2) is 10.7. The van der Waals surface area contributed by atoms with Gasteiger partial charge in [0.25, 0.3) is 5.91 Å². The first kappa shape index (κ1) is 25.4. The van der Waals surface area contributed by atoms with Gasteiger partial charge in [-0.3, -0.25) is 4.79 Å². The number of fused-ring (bicyclic) bond motifs is 1. The van der Waals surface area contributed by atoms with Gasteiger partial charge in [0.1, 0.15) is 23.7 Å². The highest BCUT2D eigenvalue weighted by Crippen LogP contribution is 2.51. The molecule has 1 amide bonds. The van der Waals surface area contributed by atoms with Gasteiger partial charge in [-0.05, 0) is 78.8 Å². The number of hydrogen-bond donors (Lipinski definition) is 3. The molecule has 1 saturated heterocycles. The fourth-order valence-corrected chi connectivity index (χ4v) is 5.77. The van der Waals surface area contributed by atoms with Crippen LogP contribution < -0.4 is 20.7 Å². The molecule has 2 aliphatic carbocycles. The average molecular weight is 524 g/mol. The Morgan fingerprint density at radius 1 is 1.15 bits per heavy atom. The number of nitrogens with zero attached hydrogens (tertiary/aromatic N) is 3. The van der Waals surface area contributed by atoms with Crippen molar-refractivity contribution in [2.24, 2.45) is 11.1 Å². The molecule has 1 spiro atoms. The van der Waals surface area contributed by atoms with E-state index in [9.17, 15) is 9.90 Å². The Hall–Kier alpha value is -3.93. The van der Waals surface area contributed by atoms with Crippen molar-refractivity contribution in [2.45, 2.75) is 50.8 Å². The molecule has 3 aliphatic rings. The van der Waals surface area contributed by atoms with E-state index in [0.29, 0.717) is 34.6 Å². The number of aromatic nitrogens is 2. The van der Waals surface area contributed by atoms with Crippen LogP contribution in [0.15, 0.2) is 54.7 Å². The maximum atomic E-state index is 12.1. The first-order valence-electron chi connectivity index (χ1n) is 13.6. The van der Waals surface area contributed by atoms with E-state index in [0.717, 1.165) is 45.2 Å². The summed E-state index contributed by atoms with van der Waals surface area (Å²) >= 11 is 0. The summed E-state index contributed by atoms with van der Waals surface area (Å²) in [6, 6.07) is 15.9. The normalized spacial score (nSPS) is 19.2. The summed E-state index contributed by atoms with van der Waals surface area (Å²) in [6.45, 7) is 1.61. The molecule has 1 unspecified atom stereocenters. The van der Waals surface area contributed by atoms with Gasteiger partial charge in [-0.25, -0.2) is 9.97 Å². The van der Waals surface area contributed by atoms with Gasteiger partial charge in [0.2, 0.25) is 0 Å². The van der Waals surface area contributed by atoms with Gasteiger partial charge < -0.3 is 25.8 Å². The third-order valence-electron chi connectivity index (χ3n) is 8.18. The molecule has 200 valence electrons. The zero-order valence-electron chi connectivity index (χ0n) is 21.9. The summed E-state index contributed by atoms with van der Waals surface area (Å²) in [7, 11) is 0. The van der Waals surface area contributed by atoms with Gasteiger partial charge in [-0.1, -0.05) is 30.2 Å². The predicted octanol–water partition coefficient (Wildman–Crippen LogP) is 3.13. The van der Waals surface area contributed by atoms with Crippen molar-refractivity contribution in [1.82, 2.24) is 15.3 Å². The van der Waals surface area contributed by atoms with Crippen molar-refractivity contribution in [1.29, 1.82) is 0 Å². The molecule has 0 bridgehead atoms. The second-order valence-corrected chi connectivity index (χ2v) is 10.7. The Morgan fingerprint density at radius 3 is 2.64 bits per heavy atom. The minimum absolute atomic E-state index is 0.0534. The molecular formula is C31H33N5O3. The monoisotopic (exact) mass is 523 g/mol. The number of nitrogens with two attached hydrogens (primary N) is 1. The lowest BCUT2D eigenvalue weighted by Gasteiger charge is -2.42. The lowest BCUT2D eigenvalue weighted by molar-refractivity contribution is 0.0951. The van der Waals surface area contributed by atoms with Crippen molar-refractivity contribution < 1.29 is 14.6 Å². The Bertz CT molecular complexity index is 1420. The van der Waals surface area contributed by atoms with Crippen LogP contribution in [-0.4, -0.2) is 46.7 Å². The SMILES string of the molecule is NC1c2ccccc2CC12CCN(c1ncc(C#CCOc3ccc(C(=O)NC4CC4)cc3)nc1CO)CC2. The van der Waals surface area contributed by atoms with Crippen LogP contribution >= 0.6 is 0 Å². The Labute approximate surface area is 228 Å². The Kier molecular flexibility index (Phi) is 6.94. The number of piperidine rings is 1. The highest BCUT2D eigenvalue weighted by atomic mass is 16.5.